The topological polar surface area (TPSA) is 67.2 Å². The van der Waals surface area contributed by atoms with Crippen molar-refractivity contribution in [3.05, 3.63) is 30.3 Å². The van der Waals surface area contributed by atoms with Crippen molar-refractivity contribution >= 4 is 11.6 Å². The number of nitrogens with two attached hydrogens (primary N) is 1. The normalized spacial score (nSPS) is 11.0. The SMILES string of the molecule is CC(C)(NNc1ccccc1)C(N)=O. The van der Waals surface area contributed by atoms with Crippen LogP contribution in [-0.2, 0) is 4.79 Å². The van der Waals surface area contributed by atoms with Crippen molar-refractivity contribution in [1.29, 1.82) is 0 Å². The Morgan fingerprint density at radius 1 is 1.29 bits per heavy atom. The molecule has 0 atom stereocenters. The molecule has 1 amide bonds. The van der Waals surface area contributed by atoms with Gasteiger partial charge >= 0.3 is 0 Å². The van der Waals surface area contributed by atoms with Crippen molar-refractivity contribution in [1.82, 2.24) is 5.43 Å². The highest BCUT2D eigenvalue weighted by molar-refractivity contribution is 5.83. The monoisotopic (exact) mass is 193 g/mol. The summed E-state index contributed by atoms with van der Waals surface area (Å²) in [5.41, 5.74) is 11.1. The number of rotatable bonds is 4. The summed E-state index contributed by atoms with van der Waals surface area (Å²) in [6.07, 6.45) is 0. The van der Waals surface area contributed by atoms with Crippen LogP contribution in [0.15, 0.2) is 30.3 Å². The molecule has 0 unspecified atom stereocenters. The smallest absolute Gasteiger partial charge is 0.238 e. The number of nitrogens with one attached hydrogen (secondary N) is 2. The first-order chi connectivity index (χ1) is 6.52. The minimum Gasteiger partial charge on any atom is -0.368 e. The molecule has 1 rings (SSSR count). The van der Waals surface area contributed by atoms with Crippen LogP contribution in [0, 0.1) is 0 Å². The number of primary amides is 1. The summed E-state index contributed by atoms with van der Waals surface area (Å²) in [5.74, 6) is -0.402. The van der Waals surface area contributed by atoms with Crippen molar-refractivity contribution in [2.24, 2.45) is 5.73 Å². The van der Waals surface area contributed by atoms with Gasteiger partial charge in [-0.15, -0.1) is 0 Å². The molecule has 0 heterocycles. The van der Waals surface area contributed by atoms with E-state index in [4.69, 9.17) is 5.73 Å². The van der Waals surface area contributed by atoms with Gasteiger partial charge in [-0.1, -0.05) is 18.2 Å². The molecule has 0 aliphatic heterocycles. The van der Waals surface area contributed by atoms with Gasteiger partial charge in [0.15, 0.2) is 0 Å². The van der Waals surface area contributed by atoms with Gasteiger partial charge in [0.2, 0.25) is 5.91 Å². The number of carbonyl (C=O) groups excluding carboxylic acids is 1. The third-order valence-electron chi connectivity index (χ3n) is 1.91. The van der Waals surface area contributed by atoms with Crippen LogP contribution < -0.4 is 16.6 Å². The van der Waals surface area contributed by atoms with Gasteiger partial charge in [0, 0.05) is 5.69 Å². The Kier molecular flexibility index (Phi) is 3.09. The molecule has 14 heavy (non-hydrogen) atoms. The molecule has 0 saturated heterocycles. The fourth-order valence-corrected chi connectivity index (χ4v) is 0.812. The van der Waals surface area contributed by atoms with Crippen LogP contribution in [0.3, 0.4) is 0 Å². The number of carbonyl (C=O) groups is 1. The second kappa shape index (κ2) is 4.11. The lowest BCUT2D eigenvalue weighted by molar-refractivity contribution is -0.122. The average molecular weight is 193 g/mol. The summed E-state index contributed by atoms with van der Waals surface area (Å²) in [5, 5.41) is 0. The molecule has 0 spiro atoms. The van der Waals surface area contributed by atoms with Crippen LogP contribution in [0.5, 0.6) is 0 Å². The third kappa shape index (κ3) is 2.74. The summed E-state index contributed by atoms with van der Waals surface area (Å²) < 4.78 is 0. The van der Waals surface area contributed by atoms with E-state index in [2.05, 4.69) is 10.9 Å². The summed E-state index contributed by atoms with van der Waals surface area (Å²) in [6, 6.07) is 9.51. The first kappa shape index (κ1) is 10.5. The lowest BCUT2D eigenvalue weighted by Gasteiger charge is -2.23. The Labute approximate surface area is 83.5 Å². The molecule has 0 saturated carbocycles. The number of benzene rings is 1. The molecule has 4 nitrogen and oxygen atoms in total. The standard InChI is InChI=1S/C10H15N3O/c1-10(2,9(11)14)13-12-8-6-4-3-5-7-8/h3-7,12-13H,1-2H3,(H2,11,14). The maximum absolute atomic E-state index is 11.0. The fourth-order valence-electron chi connectivity index (χ4n) is 0.812. The van der Waals surface area contributed by atoms with Gasteiger partial charge in [0.25, 0.3) is 0 Å². The molecule has 1 aromatic carbocycles. The van der Waals surface area contributed by atoms with E-state index in [1.807, 2.05) is 30.3 Å². The first-order valence-corrected chi connectivity index (χ1v) is 4.40. The average Bonchev–Trinajstić information content (AvgIpc) is 2.16. The highest BCUT2D eigenvalue weighted by Gasteiger charge is 2.23. The highest BCUT2D eigenvalue weighted by Crippen LogP contribution is 2.06. The maximum Gasteiger partial charge on any atom is 0.238 e. The Bertz CT molecular complexity index is 308. The van der Waals surface area contributed by atoms with Gasteiger partial charge < -0.3 is 11.2 Å². The summed E-state index contributed by atoms with van der Waals surface area (Å²) in [7, 11) is 0. The van der Waals surface area contributed by atoms with E-state index in [0.29, 0.717) is 0 Å². The number of anilines is 1. The summed E-state index contributed by atoms with van der Waals surface area (Å²) in [4.78, 5) is 11.0. The molecule has 76 valence electrons. The Balaban J connectivity index is 2.53. The molecule has 0 bridgehead atoms. The minimum atomic E-state index is -0.768. The molecule has 0 aromatic heterocycles. The largest absolute Gasteiger partial charge is 0.368 e. The zero-order valence-electron chi connectivity index (χ0n) is 8.37. The molecule has 4 N–H and O–H groups in total. The predicted molar refractivity (Wildman–Crippen MR) is 56.5 cm³/mol. The Hall–Kier alpha value is -1.55. The van der Waals surface area contributed by atoms with Crippen LogP contribution in [0.4, 0.5) is 5.69 Å². The maximum atomic E-state index is 11.0. The molecule has 0 aliphatic carbocycles. The van der Waals surface area contributed by atoms with E-state index < -0.39 is 11.4 Å². The second-order valence-corrected chi connectivity index (χ2v) is 3.61. The zero-order valence-corrected chi connectivity index (χ0v) is 8.37. The fraction of sp³-hybridized carbons (Fsp3) is 0.300. The lowest BCUT2D eigenvalue weighted by Crippen LogP contribution is -2.52. The van der Waals surface area contributed by atoms with Gasteiger partial charge in [-0.3, -0.25) is 4.79 Å². The van der Waals surface area contributed by atoms with Gasteiger partial charge in [0.05, 0.1) is 0 Å². The van der Waals surface area contributed by atoms with Gasteiger partial charge in [0.1, 0.15) is 5.54 Å². The van der Waals surface area contributed by atoms with Crippen molar-refractivity contribution in [2.75, 3.05) is 5.43 Å². The van der Waals surface area contributed by atoms with E-state index in [9.17, 15) is 4.79 Å². The number of hydrogen-bond acceptors (Lipinski definition) is 3. The lowest BCUT2D eigenvalue weighted by atomic mass is 10.1. The van der Waals surface area contributed by atoms with Crippen molar-refractivity contribution in [2.45, 2.75) is 19.4 Å². The van der Waals surface area contributed by atoms with Crippen molar-refractivity contribution in [3.63, 3.8) is 0 Å². The molecular weight excluding hydrogens is 178 g/mol. The zero-order chi connectivity index (χ0) is 10.6. The van der Waals surface area contributed by atoms with Crippen LogP contribution in [0.1, 0.15) is 13.8 Å². The van der Waals surface area contributed by atoms with E-state index in [1.165, 1.54) is 0 Å². The van der Waals surface area contributed by atoms with Gasteiger partial charge in [-0.05, 0) is 26.0 Å². The Morgan fingerprint density at radius 3 is 2.36 bits per heavy atom. The van der Waals surface area contributed by atoms with E-state index in [-0.39, 0.29) is 0 Å². The first-order valence-electron chi connectivity index (χ1n) is 4.40. The van der Waals surface area contributed by atoms with Gasteiger partial charge in [-0.25, -0.2) is 5.43 Å². The molecule has 0 fully saturated rings. The molecule has 1 aromatic rings. The van der Waals surface area contributed by atoms with Crippen LogP contribution >= 0.6 is 0 Å². The van der Waals surface area contributed by atoms with Gasteiger partial charge in [-0.2, -0.15) is 0 Å². The third-order valence-corrected chi connectivity index (χ3v) is 1.91. The molecular formula is C10H15N3O. The second-order valence-electron chi connectivity index (χ2n) is 3.61. The van der Waals surface area contributed by atoms with E-state index in [1.54, 1.807) is 13.8 Å². The van der Waals surface area contributed by atoms with Crippen LogP contribution in [0.25, 0.3) is 0 Å². The minimum absolute atomic E-state index is 0.402. The number of hydrogen-bond donors (Lipinski definition) is 3. The predicted octanol–water partition coefficient (Wildman–Crippen LogP) is 0.867. The molecule has 0 radical (unpaired) electrons. The van der Waals surface area contributed by atoms with Crippen molar-refractivity contribution in [3.8, 4) is 0 Å². The highest BCUT2D eigenvalue weighted by atomic mass is 16.1. The quantitative estimate of drug-likeness (QED) is 0.621. The van der Waals surface area contributed by atoms with E-state index in [0.717, 1.165) is 5.69 Å². The number of hydrazine groups is 1. The van der Waals surface area contributed by atoms with E-state index >= 15 is 0 Å². The molecule has 0 aliphatic rings. The Morgan fingerprint density at radius 2 is 1.86 bits per heavy atom. The molecule has 4 heteroatoms. The number of amides is 1. The summed E-state index contributed by atoms with van der Waals surface area (Å²) in [6.45, 7) is 3.43. The van der Waals surface area contributed by atoms with Crippen LogP contribution in [0.2, 0.25) is 0 Å². The van der Waals surface area contributed by atoms with Crippen molar-refractivity contribution < 1.29 is 4.79 Å². The van der Waals surface area contributed by atoms with Crippen LogP contribution in [-0.4, -0.2) is 11.4 Å². The number of para-hydroxylation sites is 1. The summed E-state index contributed by atoms with van der Waals surface area (Å²) >= 11 is 0.